The van der Waals surface area contributed by atoms with Gasteiger partial charge >= 0.3 is 0 Å². The molecular formula is C12H13ClF2O. The van der Waals surface area contributed by atoms with Crippen LogP contribution in [0.15, 0.2) is 18.2 Å². The zero-order chi connectivity index (χ0) is 11.8. The number of halogens is 3. The topological polar surface area (TPSA) is 20.2 Å². The molecule has 0 atom stereocenters. The van der Waals surface area contributed by atoms with E-state index in [-0.39, 0.29) is 24.5 Å². The lowest BCUT2D eigenvalue weighted by atomic mass is 9.82. The van der Waals surface area contributed by atoms with Gasteiger partial charge in [-0.1, -0.05) is 17.7 Å². The van der Waals surface area contributed by atoms with Crippen molar-refractivity contribution in [3.05, 3.63) is 28.8 Å². The second-order valence-corrected chi connectivity index (χ2v) is 4.77. The van der Waals surface area contributed by atoms with Gasteiger partial charge in [0.15, 0.2) is 0 Å². The zero-order valence-electron chi connectivity index (χ0n) is 8.72. The number of hydrogen-bond donors (Lipinski definition) is 1. The fourth-order valence-electron chi connectivity index (χ4n) is 2.21. The first-order chi connectivity index (χ1) is 7.48. The molecule has 88 valence electrons. The SMILES string of the molecule is Oc1cc(Cl)ccc1C1CCC(F)(F)CC1. The summed E-state index contributed by atoms with van der Waals surface area (Å²) < 4.78 is 25.9. The predicted molar refractivity (Wildman–Crippen MR) is 59.3 cm³/mol. The molecule has 0 aromatic heterocycles. The smallest absolute Gasteiger partial charge is 0.248 e. The zero-order valence-corrected chi connectivity index (χ0v) is 9.47. The van der Waals surface area contributed by atoms with Crippen LogP contribution in [0.25, 0.3) is 0 Å². The fourth-order valence-corrected chi connectivity index (χ4v) is 2.38. The van der Waals surface area contributed by atoms with Gasteiger partial charge in [0.25, 0.3) is 0 Å². The highest BCUT2D eigenvalue weighted by Crippen LogP contribution is 2.43. The van der Waals surface area contributed by atoms with Gasteiger partial charge in [0.1, 0.15) is 5.75 Å². The molecular weight excluding hydrogens is 234 g/mol. The largest absolute Gasteiger partial charge is 0.508 e. The molecule has 1 nitrogen and oxygen atoms in total. The summed E-state index contributed by atoms with van der Waals surface area (Å²) in [5.41, 5.74) is 0.736. The number of rotatable bonds is 1. The molecule has 0 spiro atoms. The van der Waals surface area contributed by atoms with Crippen LogP contribution in [-0.2, 0) is 0 Å². The van der Waals surface area contributed by atoms with E-state index in [2.05, 4.69) is 0 Å². The van der Waals surface area contributed by atoms with Gasteiger partial charge in [0.2, 0.25) is 5.92 Å². The van der Waals surface area contributed by atoms with Crippen LogP contribution in [0.2, 0.25) is 5.02 Å². The maximum Gasteiger partial charge on any atom is 0.248 e. The Morgan fingerprint density at radius 2 is 1.88 bits per heavy atom. The standard InChI is InChI=1S/C12H13ClF2O/c13-9-1-2-10(11(16)7-9)8-3-5-12(14,15)6-4-8/h1-2,7-8,16H,3-6H2. The molecule has 1 aliphatic carbocycles. The molecule has 2 rings (SSSR count). The van der Waals surface area contributed by atoms with Crippen molar-refractivity contribution in [3.8, 4) is 5.75 Å². The minimum absolute atomic E-state index is 0.0249. The maximum absolute atomic E-state index is 13.0. The van der Waals surface area contributed by atoms with Gasteiger partial charge in [-0.2, -0.15) is 0 Å². The van der Waals surface area contributed by atoms with Gasteiger partial charge in [-0.3, -0.25) is 0 Å². The van der Waals surface area contributed by atoms with Crippen LogP contribution in [0, 0.1) is 0 Å². The number of benzene rings is 1. The van der Waals surface area contributed by atoms with E-state index in [1.807, 2.05) is 0 Å². The highest BCUT2D eigenvalue weighted by Gasteiger charge is 2.35. The molecule has 4 heteroatoms. The number of phenolic OH excluding ortho intramolecular Hbond substituents is 1. The summed E-state index contributed by atoms with van der Waals surface area (Å²) in [6, 6.07) is 4.87. The summed E-state index contributed by atoms with van der Waals surface area (Å²) in [7, 11) is 0. The maximum atomic E-state index is 13.0. The van der Waals surface area contributed by atoms with Gasteiger partial charge in [0.05, 0.1) is 0 Å². The number of hydrogen-bond acceptors (Lipinski definition) is 1. The van der Waals surface area contributed by atoms with E-state index < -0.39 is 5.92 Å². The normalized spacial score (nSPS) is 20.9. The molecule has 0 saturated heterocycles. The third-order valence-corrected chi connectivity index (χ3v) is 3.38. The van der Waals surface area contributed by atoms with Gasteiger partial charge in [-0.25, -0.2) is 8.78 Å². The second-order valence-electron chi connectivity index (χ2n) is 4.33. The first-order valence-corrected chi connectivity index (χ1v) is 5.72. The first-order valence-electron chi connectivity index (χ1n) is 5.34. The first kappa shape index (κ1) is 11.6. The number of phenols is 1. The van der Waals surface area contributed by atoms with Crippen molar-refractivity contribution in [2.75, 3.05) is 0 Å². The summed E-state index contributed by atoms with van der Waals surface area (Å²) in [5, 5.41) is 10.2. The van der Waals surface area contributed by atoms with E-state index in [4.69, 9.17) is 11.6 Å². The Bertz CT molecular complexity index is 383. The van der Waals surface area contributed by atoms with E-state index in [1.165, 1.54) is 6.07 Å². The molecule has 1 aromatic rings. The van der Waals surface area contributed by atoms with E-state index in [9.17, 15) is 13.9 Å². The molecule has 0 radical (unpaired) electrons. The lowest BCUT2D eigenvalue weighted by Crippen LogP contribution is -2.23. The summed E-state index contributed by atoms with van der Waals surface area (Å²) in [4.78, 5) is 0. The third kappa shape index (κ3) is 2.46. The molecule has 1 saturated carbocycles. The van der Waals surface area contributed by atoms with Gasteiger partial charge in [-0.15, -0.1) is 0 Å². The lowest BCUT2D eigenvalue weighted by molar-refractivity contribution is -0.0383. The van der Waals surface area contributed by atoms with E-state index >= 15 is 0 Å². The van der Waals surface area contributed by atoms with Gasteiger partial charge < -0.3 is 5.11 Å². The Kier molecular flexibility index (Phi) is 3.06. The molecule has 0 bridgehead atoms. The quantitative estimate of drug-likeness (QED) is 0.782. The number of aromatic hydroxyl groups is 1. The van der Waals surface area contributed by atoms with Crippen molar-refractivity contribution in [1.29, 1.82) is 0 Å². The molecule has 1 aliphatic rings. The predicted octanol–water partition coefficient (Wildman–Crippen LogP) is 4.34. The average molecular weight is 247 g/mol. The molecule has 0 aliphatic heterocycles. The highest BCUT2D eigenvalue weighted by atomic mass is 35.5. The monoisotopic (exact) mass is 246 g/mol. The van der Waals surface area contributed by atoms with Crippen molar-refractivity contribution in [2.24, 2.45) is 0 Å². The number of alkyl halides is 2. The Balaban J connectivity index is 2.14. The van der Waals surface area contributed by atoms with Crippen molar-refractivity contribution in [2.45, 2.75) is 37.5 Å². The second kappa shape index (κ2) is 4.21. The summed E-state index contributed by atoms with van der Waals surface area (Å²) >= 11 is 5.72. The van der Waals surface area contributed by atoms with Crippen molar-refractivity contribution in [1.82, 2.24) is 0 Å². The molecule has 1 N–H and O–H groups in total. The van der Waals surface area contributed by atoms with Crippen LogP contribution < -0.4 is 0 Å². The molecule has 0 unspecified atom stereocenters. The van der Waals surface area contributed by atoms with E-state index in [0.717, 1.165) is 5.56 Å². The van der Waals surface area contributed by atoms with Crippen molar-refractivity contribution < 1.29 is 13.9 Å². The van der Waals surface area contributed by atoms with Crippen LogP contribution >= 0.6 is 11.6 Å². The Morgan fingerprint density at radius 3 is 2.44 bits per heavy atom. The summed E-state index contributed by atoms with van der Waals surface area (Å²) in [6.45, 7) is 0. The molecule has 1 aromatic carbocycles. The molecule has 0 heterocycles. The minimum Gasteiger partial charge on any atom is -0.508 e. The highest BCUT2D eigenvalue weighted by molar-refractivity contribution is 6.30. The van der Waals surface area contributed by atoms with Gasteiger partial charge in [-0.05, 0) is 36.5 Å². The average Bonchev–Trinajstić information content (AvgIpc) is 2.19. The van der Waals surface area contributed by atoms with E-state index in [1.54, 1.807) is 12.1 Å². The summed E-state index contributed by atoms with van der Waals surface area (Å²) in [5.74, 6) is -2.39. The van der Waals surface area contributed by atoms with Crippen molar-refractivity contribution >= 4 is 11.6 Å². The van der Waals surface area contributed by atoms with Crippen LogP contribution in [0.5, 0.6) is 5.75 Å². The van der Waals surface area contributed by atoms with Crippen LogP contribution in [-0.4, -0.2) is 11.0 Å². The van der Waals surface area contributed by atoms with Crippen LogP contribution in [0.3, 0.4) is 0 Å². The Labute approximate surface area is 98.0 Å². The van der Waals surface area contributed by atoms with Gasteiger partial charge in [0, 0.05) is 17.9 Å². The van der Waals surface area contributed by atoms with E-state index in [0.29, 0.717) is 17.9 Å². The lowest BCUT2D eigenvalue weighted by Gasteiger charge is -2.28. The molecule has 16 heavy (non-hydrogen) atoms. The Hall–Kier alpha value is -0.830. The molecule has 1 fully saturated rings. The van der Waals surface area contributed by atoms with Crippen LogP contribution in [0.4, 0.5) is 8.78 Å². The third-order valence-electron chi connectivity index (χ3n) is 3.15. The minimum atomic E-state index is -2.53. The van der Waals surface area contributed by atoms with Crippen LogP contribution in [0.1, 0.15) is 37.2 Å². The Morgan fingerprint density at radius 1 is 1.25 bits per heavy atom. The van der Waals surface area contributed by atoms with Crippen molar-refractivity contribution in [3.63, 3.8) is 0 Å². The molecule has 0 amide bonds. The fraction of sp³-hybridized carbons (Fsp3) is 0.500. The summed E-state index contributed by atoms with van der Waals surface area (Å²) in [6.07, 6.45) is 0.643.